The van der Waals surface area contributed by atoms with Crippen LogP contribution in [0.3, 0.4) is 0 Å². The molecule has 0 saturated carbocycles. The van der Waals surface area contributed by atoms with Crippen LogP contribution < -0.4 is 25.1 Å². The minimum atomic E-state index is -1.46. The number of halogens is 2. The van der Waals surface area contributed by atoms with E-state index in [0.29, 0.717) is 5.46 Å². The first-order chi connectivity index (χ1) is 68.2. The standard InChI is InChI=1S/C72H50N4.C36H26Br2N2.C18H14BNO2/c1-7-24-54(25-8-1)73(55-26-9-2-10-27-55)60-46-53(47-61(50-60)74(56-28-11-3-12-29-56)57-30-13-4-14-31-57)72-62(51-42-44-70-66(48-51)64-36-19-21-40-68(64)75(70)58-32-15-5-16-33-58)38-23-39-63(72)52-43-45-71-67(49-52)65-37-20-22-41-69(65)76(71)59-34-17-6-18-35-59;37-34-22-13-23-35(38)36(34)27-24-32(39(28-14-5-1-6-15-28)29-16-7-2-8-17-29)26-33(25-27)40(30-18-9-3-10-19-30)31-20-11-4-12-21-31;21-19(22)13-10-11-18-16(12-13)15-8-4-5-9-17(15)20(18)14-6-2-1-3-7-14/h1-50H;1-26H;1-12,21-22H. The van der Waals surface area contributed by atoms with Crippen molar-refractivity contribution in [1.82, 2.24) is 13.7 Å². The van der Waals surface area contributed by atoms with Crippen LogP contribution in [-0.4, -0.2) is 30.9 Å². The third-order valence-electron chi connectivity index (χ3n) is 25.6. The Morgan fingerprint density at radius 3 is 0.688 bits per heavy atom. The number of rotatable bonds is 20. The maximum absolute atomic E-state index is 9.43. The fourth-order valence-electron chi connectivity index (χ4n) is 19.5. The van der Waals surface area contributed by atoms with Gasteiger partial charge in [-0.05, 0) is 275 Å². The predicted octanol–water partition coefficient (Wildman–Crippen LogP) is 34.1. The molecule has 0 spiro atoms. The second-order valence-corrected chi connectivity index (χ2v) is 35.7. The summed E-state index contributed by atoms with van der Waals surface area (Å²) in [6, 6.07) is 189. The quantitative estimate of drug-likeness (QED) is 0.0741. The Morgan fingerprint density at radius 1 is 0.174 bits per heavy atom. The zero-order valence-electron chi connectivity index (χ0n) is 75.2. The van der Waals surface area contributed by atoms with Gasteiger partial charge in [-0.25, -0.2) is 0 Å². The van der Waals surface area contributed by atoms with Gasteiger partial charge < -0.3 is 43.3 Å². The van der Waals surface area contributed by atoms with Crippen molar-refractivity contribution >= 4 is 178 Å². The number of para-hydroxylation sites is 14. The number of nitrogens with zero attached hydrogens (tertiary/aromatic N) is 7. The Bertz CT molecular complexity index is 7880. The van der Waals surface area contributed by atoms with E-state index in [4.69, 9.17) is 0 Å². The molecular weight excluding hydrogens is 1810 g/mol. The lowest BCUT2D eigenvalue weighted by atomic mass is 9.80. The first kappa shape index (κ1) is 86.6. The van der Waals surface area contributed by atoms with Crippen LogP contribution in [0.25, 0.3) is 127 Å². The zero-order valence-corrected chi connectivity index (χ0v) is 78.3. The van der Waals surface area contributed by atoms with Gasteiger partial charge in [0.25, 0.3) is 0 Å². The van der Waals surface area contributed by atoms with Crippen LogP contribution in [0, 0.1) is 0 Å². The lowest BCUT2D eigenvalue weighted by Gasteiger charge is -2.31. The Hall–Kier alpha value is -16.8. The number of benzene rings is 21. The molecule has 0 atom stereocenters. The predicted molar refractivity (Wildman–Crippen MR) is 588 cm³/mol. The molecule has 0 fully saturated rings. The Labute approximate surface area is 819 Å². The van der Waals surface area contributed by atoms with Gasteiger partial charge in [-0.15, -0.1) is 0 Å². The molecule has 0 saturated heterocycles. The molecule has 0 radical (unpaired) electrons. The van der Waals surface area contributed by atoms with Gasteiger partial charge in [0, 0.05) is 132 Å². The molecular formula is C126H90BBr2N7O2. The summed E-state index contributed by atoms with van der Waals surface area (Å²) >= 11 is 7.66. The van der Waals surface area contributed by atoms with Crippen molar-refractivity contribution in [2.75, 3.05) is 19.6 Å². The van der Waals surface area contributed by atoms with Crippen molar-refractivity contribution < 1.29 is 10.0 Å². The van der Waals surface area contributed by atoms with E-state index in [9.17, 15) is 10.0 Å². The molecule has 3 heterocycles. The second-order valence-electron chi connectivity index (χ2n) is 34.0. The number of fused-ring (bicyclic) bond motifs is 9. The zero-order chi connectivity index (χ0) is 92.8. The highest BCUT2D eigenvalue weighted by Crippen LogP contribution is 2.52. The highest BCUT2D eigenvalue weighted by atomic mass is 79.9. The highest BCUT2D eigenvalue weighted by Gasteiger charge is 2.28. The normalized spacial score (nSPS) is 11.2. The van der Waals surface area contributed by atoms with Crippen LogP contribution >= 0.6 is 31.9 Å². The van der Waals surface area contributed by atoms with E-state index in [-0.39, 0.29) is 0 Å². The first-order valence-corrected chi connectivity index (χ1v) is 47.9. The molecule has 24 rings (SSSR count). The highest BCUT2D eigenvalue weighted by molar-refractivity contribution is 9.11. The summed E-state index contributed by atoms with van der Waals surface area (Å²) in [4.78, 5) is 9.40. The summed E-state index contributed by atoms with van der Waals surface area (Å²) in [5.74, 6) is 0. The SMILES string of the molecule is Brc1cccc(Br)c1-c1cc(N(c2ccccc2)c2ccccc2)cc(N(c2ccccc2)c2ccccc2)c1.OB(O)c1ccc2c(c1)c1ccccc1n2-c1ccccc1.c1ccc(N(c2ccccc2)c2cc(-c3c(-c4ccc5c(c4)c4ccccc4n5-c4ccccc4)cccc3-c3ccc4c(c3)c3ccccc3n4-c3ccccc3)cc(N(c3ccccc3)c3ccccc3)c2)cc1. The summed E-state index contributed by atoms with van der Waals surface area (Å²) in [5, 5.41) is 25.8. The van der Waals surface area contributed by atoms with Gasteiger partial charge in [-0.2, -0.15) is 0 Å². The van der Waals surface area contributed by atoms with Crippen LogP contribution in [0.1, 0.15) is 0 Å². The number of aromatic nitrogens is 3. The van der Waals surface area contributed by atoms with Gasteiger partial charge in [-0.3, -0.25) is 0 Å². The van der Waals surface area contributed by atoms with E-state index >= 15 is 0 Å². The summed E-state index contributed by atoms with van der Waals surface area (Å²) < 4.78 is 9.04. The van der Waals surface area contributed by atoms with Gasteiger partial charge >= 0.3 is 7.12 Å². The molecule has 0 aliphatic rings. The molecule has 0 aliphatic heterocycles. The van der Waals surface area contributed by atoms with Crippen molar-refractivity contribution in [2.24, 2.45) is 0 Å². The van der Waals surface area contributed by atoms with Gasteiger partial charge in [0.15, 0.2) is 0 Å². The van der Waals surface area contributed by atoms with Gasteiger partial charge in [0.1, 0.15) is 0 Å². The molecule has 0 aliphatic carbocycles. The van der Waals surface area contributed by atoms with Crippen LogP contribution in [0.15, 0.2) is 543 Å². The van der Waals surface area contributed by atoms with Crippen molar-refractivity contribution in [3.63, 3.8) is 0 Å². The van der Waals surface area contributed by atoms with E-state index in [1.54, 1.807) is 6.07 Å². The van der Waals surface area contributed by atoms with Crippen LogP contribution in [0.5, 0.6) is 0 Å². The average Bonchev–Trinajstić information content (AvgIpc) is 1.57. The molecule has 0 unspecified atom stereocenters. The van der Waals surface area contributed by atoms with Gasteiger partial charge in [0.2, 0.25) is 0 Å². The van der Waals surface area contributed by atoms with Crippen LogP contribution in [0.4, 0.5) is 68.2 Å². The monoisotopic (exact) mass is 1900 g/mol. The molecule has 138 heavy (non-hydrogen) atoms. The maximum atomic E-state index is 9.43. The number of hydrogen-bond acceptors (Lipinski definition) is 6. The summed E-state index contributed by atoms with van der Waals surface area (Å²) in [5.41, 5.74) is 32.5. The molecule has 0 amide bonds. The minimum Gasteiger partial charge on any atom is -0.423 e. The average molecular weight is 1900 g/mol. The molecule has 9 nitrogen and oxygen atoms in total. The lowest BCUT2D eigenvalue weighted by Crippen LogP contribution is -2.29. The Morgan fingerprint density at radius 2 is 0.406 bits per heavy atom. The number of hydrogen-bond donors (Lipinski definition) is 2. The largest absolute Gasteiger partial charge is 0.488 e. The molecule has 24 aromatic rings. The maximum Gasteiger partial charge on any atom is 0.488 e. The van der Waals surface area contributed by atoms with E-state index in [2.05, 4.69) is 544 Å². The Balaban J connectivity index is 0.000000146. The second kappa shape index (κ2) is 39.0. The smallest absolute Gasteiger partial charge is 0.423 e. The van der Waals surface area contributed by atoms with Crippen molar-refractivity contribution in [2.45, 2.75) is 0 Å². The fourth-order valence-corrected chi connectivity index (χ4v) is 21.0. The van der Waals surface area contributed by atoms with E-state index in [0.717, 1.165) is 161 Å². The van der Waals surface area contributed by atoms with Crippen LogP contribution in [0.2, 0.25) is 0 Å². The number of anilines is 12. The van der Waals surface area contributed by atoms with Gasteiger partial charge in [0.05, 0.1) is 33.1 Å². The first-order valence-electron chi connectivity index (χ1n) is 46.3. The molecule has 21 aromatic carbocycles. The summed E-state index contributed by atoms with van der Waals surface area (Å²) in [6.07, 6.45) is 0. The minimum absolute atomic E-state index is 0.503. The molecule has 3 aromatic heterocycles. The van der Waals surface area contributed by atoms with E-state index in [1.807, 2.05) is 48.5 Å². The molecule has 2 N–H and O–H groups in total. The molecule has 0 bridgehead atoms. The van der Waals surface area contributed by atoms with Crippen molar-refractivity contribution in [3.05, 3.63) is 543 Å². The molecule has 658 valence electrons. The summed E-state index contributed by atoms with van der Waals surface area (Å²) in [6.45, 7) is 0. The fraction of sp³-hybridized carbons (Fsp3) is 0. The van der Waals surface area contributed by atoms with Crippen molar-refractivity contribution in [1.29, 1.82) is 0 Å². The van der Waals surface area contributed by atoms with Gasteiger partial charge in [-0.1, -0.05) is 335 Å². The third kappa shape index (κ3) is 17.2. The van der Waals surface area contributed by atoms with Crippen LogP contribution in [-0.2, 0) is 0 Å². The van der Waals surface area contributed by atoms with E-state index < -0.39 is 7.12 Å². The van der Waals surface area contributed by atoms with Crippen molar-refractivity contribution in [3.8, 4) is 61.6 Å². The topological polar surface area (TPSA) is 68.2 Å². The van der Waals surface area contributed by atoms with E-state index in [1.165, 1.54) is 43.6 Å². The lowest BCUT2D eigenvalue weighted by molar-refractivity contribution is 0.426. The third-order valence-corrected chi connectivity index (χ3v) is 26.9. The summed E-state index contributed by atoms with van der Waals surface area (Å²) in [7, 11) is -1.46. The Kier molecular flexibility index (Phi) is 24.5. The molecule has 12 heteroatoms.